The number of hydrogen-bond acceptors (Lipinski definition) is 4. The molecule has 0 spiro atoms. The summed E-state index contributed by atoms with van der Waals surface area (Å²) in [5.41, 5.74) is 4.30. The van der Waals surface area contributed by atoms with E-state index in [-0.39, 0.29) is 5.91 Å². The quantitative estimate of drug-likeness (QED) is 0.272. The van der Waals surface area contributed by atoms with Gasteiger partial charge in [0.05, 0.1) is 11.4 Å². The number of ether oxygens (including phenoxy) is 1. The van der Waals surface area contributed by atoms with Crippen molar-refractivity contribution >= 4 is 56.2 Å². The fraction of sp³-hybridized carbons (Fsp3) is 0.120. The Kier molecular flexibility index (Phi) is 6.90. The van der Waals surface area contributed by atoms with Crippen LogP contribution in [0.1, 0.15) is 22.3 Å². The molecule has 0 radical (unpaired) electrons. The molecule has 0 N–H and O–H groups in total. The summed E-state index contributed by atoms with van der Waals surface area (Å²) >= 11 is 10.2. The molecule has 0 saturated carbocycles. The zero-order valence-electron chi connectivity index (χ0n) is 16.9. The zero-order chi connectivity index (χ0) is 21.8. The minimum Gasteiger partial charge on any atom is -0.489 e. The maximum Gasteiger partial charge on any atom is 0.266 e. The number of carbonyl (C=O) groups is 1. The molecule has 1 heterocycles. The van der Waals surface area contributed by atoms with Crippen LogP contribution in [0.5, 0.6) is 5.75 Å². The summed E-state index contributed by atoms with van der Waals surface area (Å²) in [6.07, 6.45) is 1.88. The molecule has 1 saturated heterocycles. The second-order valence-electron chi connectivity index (χ2n) is 7.24. The fourth-order valence-electron chi connectivity index (χ4n) is 3.07. The van der Waals surface area contributed by atoms with Crippen LogP contribution in [0, 0.1) is 6.92 Å². The standard InChI is InChI=1S/C25H20BrNO2S2/c1-17-2-4-19(5-3-17)15-27-24(28)23(31-25(27)30)14-18-8-12-22(13-9-18)29-16-20-6-10-21(26)11-7-20/h2-14H,15-16H2,1H3/b23-14-. The summed E-state index contributed by atoms with van der Waals surface area (Å²) in [5.74, 6) is 0.734. The van der Waals surface area contributed by atoms with E-state index < -0.39 is 0 Å². The summed E-state index contributed by atoms with van der Waals surface area (Å²) in [5, 5.41) is 0. The normalized spacial score (nSPS) is 15.0. The third kappa shape index (κ3) is 5.64. The highest BCUT2D eigenvalue weighted by molar-refractivity contribution is 9.10. The molecule has 1 aliphatic rings. The summed E-state index contributed by atoms with van der Waals surface area (Å²) < 4.78 is 7.49. The van der Waals surface area contributed by atoms with Gasteiger partial charge in [0.25, 0.3) is 5.91 Å². The SMILES string of the molecule is Cc1ccc(CN2C(=O)/C(=C/c3ccc(OCc4ccc(Br)cc4)cc3)SC2=S)cc1. The van der Waals surface area contributed by atoms with Crippen molar-refractivity contribution in [1.29, 1.82) is 0 Å². The van der Waals surface area contributed by atoms with Gasteiger partial charge in [-0.1, -0.05) is 94.0 Å². The Bertz CT molecular complexity index is 1120. The van der Waals surface area contributed by atoms with Gasteiger partial charge in [-0.05, 0) is 54.0 Å². The Balaban J connectivity index is 1.39. The van der Waals surface area contributed by atoms with Crippen LogP contribution in [0.4, 0.5) is 0 Å². The molecule has 0 bridgehead atoms. The predicted molar refractivity (Wildman–Crippen MR) is 135 cm³/mol. The molecule has 156 valence electrons. The number of thiocarbonyl (C=S) groups is 1. The van der Waals surface area contributed by atoms with Gasteiger partial charge in [0, 0.05) is 4.47 Å². The number of thioether (sulfide) groups is 1. The predicted octanol–water partition coefficient (Wildman–Crippen LogP) is 6.74. The van der Waals surface area contributed by atoms with Crippen molar-refractivity contribution < 1.29 is 9.53 Å². The van der Waals surface area contributed by atoms with E-state index in [0.717, 1.165) is 26.9 Å². The van der Waals surface area contributed by atoms with Crippen molar-refractivity contribution in [2.75, 3.05) is 0 Å². The Labute approximate surface area is 200 Å². The molecule has 3 aromatic rings. The largest absolute Gasteiger partial charge is 0.489 e. The van der Waals surface area contributed by atoms with Crippen molar-refractivity contribution in [3.63, 3.8) is 0 Å². The van der Waals surface area contributed by atoms with Gasteiger partial charge in [-0.2, -0.15) is 0 Å². The second-order valence-corrected chi connectivity index (χ2v) is 9.83. The van der Waals surface area contributed by atoms with Gasteiger partial charge in [0.15, 0.2) is 0 Å². The third-order valence-electron chi connectivity index (χ3n) is 4.83. The molecule has 1 fully saturated rings. The molecule has 3 aromatic carbocycles. The number of amides is 1. The van der Waals surface area contributed by atoms with Gasteiger partial charge < -0.3 is 4.74 Å². The lowest BCUT2D eigenvalue weighted by atomic mass is 10.1. The van der Waals surface area contributed by atoms with Crippen LogP contribution in [0.25, 0.3) is 6.08 Å². The first-order valence-corrected chi connectivity index (χ1v) is 11.8. The van der Waals surface area contributed by atoms with Gasteiger partial charge in [-0.15, -0.1) is 0 Å². The average Bonchev–Trinajstić information content (AvgIpc) is 3.03. The lowest BCUT2D eigenvalue weighted by Crippen LogP contribution is -2.27. The first-order chi connectivity index (χ1) is 15.0. The molecule has 0 aliphatic carbocycles. The number of rotatable bonds is 6. The molecule has 31 heavy (non-hydrogen) atoms. The molecular weight excluding hydrogens is 490 g/mol. The first kappa shape index (κ1) is 21.8. The topological polar surface area (TPSA) is 29.5 Å². The molecule has 1 amide bonds. The summed E-state index contributed by atoms with van der Waals surface area (Å²) in [6, 6.07) is 23.9. The van der Waals surface area contributed by atoms with E-state index in [4.69, 9.17) is 17.0 Å². The number of benzene rings is 3. The average molecular weight is 510 g/mol. The molecule has 0 aromatic heterocycles. The number of halogens is 1. The van der Waals surface area contributed by atoms with E-state index in [1.54, 1.807) is 4.90 Å². The maximum absolute atomic E-state index is 12.9. The Morgan fingerprint density at radius 3 is 2.29 bits per heavy atom. The molecular formula is C25H20BrNO2S2. The minimum atomic E-state index is -0.0499. The van der Waals surface area contributed by atoms with Crippen molar-refractivity contribution in [1.82, 2.24) is 4.90 Å². The first-order valence-electron chi connectivity index (χ1n) is 9.76. The molecule has 6 heteroatoms. The molecule has 4 rings (SSSR count). The van der Waals surface area contributed by atoms with Crippen molar-refractivity contribution in [3.05, 3.63) is 104 Å². The van der Waals surface area contributed by atoms with Crippen LogP contribution in [0.3, 0.4) is 0 Å². The van der Waals surface area contributed by atoms with Crippen LogP contribution < -0.4 is 4.74 Å². The van der Waals surface area contributed by atoms with Crippen LogP contribution >= 0.6 is 39.9 Å². The van der Waals surface area contributed by atoms with Crippen LogP contribution in [0.2, 0.25) is 0 Å². The van der Waals surface area contributed by atoms with E-state index in [9.17, 15) is 4.79 Å². The van der Waals surface area contributed by atoms with Crippen molar-refractivity contribution in [3.8, 4) is 5.75 Å². The number of nitrogens with zero attached hydrogens (tertiary/aromatic N) is 1. The smallest absolute Gasteiger partial charge is 0.266 e. The molecule has 0 unspecified atom stereocenters. The van der Waals surface area contributed by atoms with Gasteiger partial charge in [0.2, 0.25) is 0 Å². The molecule has 1 aliphatic heterocycles. The monoisotopic (exact) mass is 509 g/mol. The van der Waals surface area contributed by atoms with E-state index >= 15 is 0 Å². The van der Waals surface area contributed by atoms with E-state index in [2.05, 4.69) is 15.9 Å². The van der Waals surface area contributed by atoms with Crippen LogP contribution in [0.15, 0.2) is 82.2 Å². The van der Waals surface area contributed by atoms with Crippen molar-refractivity contribution in [2.45, 2.75) is 20.1 Å². The fourth-order valence-corrected chi connectivity index (χ4v) is 4.59. The van der Waals surface area contributed by atoms with E-state index in [1.165, 1.54) is 17.3 Å². The van der Waals surface area contributed by atoms with Gasteiger partial charge >= 0.3 is 0 Å². The van der Waals surface area contributed by atoms with E-state index in [1.807, 2.05) is 85.8 Å². The lowest BCUT2D eigenvalue weighted by Gasteiger charge is -2.14. The highest BCUT2D eigenvalue weighted by atomic mass is 79.9. The number of aryl methyl sites for hydroxylation is 1. The summed E-state index contributed by atoms with van der Waals surface area (Å²) in [4.78, 5) is 15.2. The highest BCUT2D eigenvalue weighted by Gasteiger charge is 2.31. The van der Waals surface area contributed by atoms with Gasteiger partial charge in [-0.25, -0.2) is 0 Å². The van der Waals surface area contributed by atoms with Gasteiger partial charge in [-0.3, -0.25) is 9.69 Å². The maximum atomic E-state index is 12.9. The zero-order valence-corrected chi connectivity index (χ0v) is 20.1. The summed E-state index contributed by atoms with van der Waals surface area (Å²) in [6.45, 7) is 3.04. The van der Waals surface area contributed by atoms with Crippen LogP contribution in [-0.2, 0) is 17.9 Å². The third-order valence-corrected chi connectivity index (χ3v) is 6.74. The minimum absolute atomic E-state index is 0.0499. The molecule has 0 atom stereocenters. The van der Waals surface area contributed by atoms with Crippen LogP contribution in [-0.4, -0.2) is 15.1 Å². The number of carbonyl (C=O) groups excluding carboxylic acids is 1. The Hall–Kier alpha value is -2.41. The van der Waals surface area contributed by atoms with Gasteiger partial charge in [0.1, 0.15) is 16.7 Å². The highest BCUT2D eigenvalue weighted by Crippen LogP contribution is 2.34. The number of hydrogen-bond donors (Lipinski definition) is 0. The Morgan fingerprint density at radius 2 is 1.61 bits per heavy atom. The Morgan fingerprint density at radius 1 is 0.968 bits per heavy atom. The van der Waals surface area contributed by atoms with Crippen molar-refractivity contribution in [2.24, 2.45) is 0 Å². The summed E-state index contributed by atoms with van der Waals surface area (Å²) in [7, 11) is 0. The lowest BCUT2D eigenvalue weighted by molar-refractivity contribution is -0.122. The van der Waals surface area contributed by atoms with E-state index in [0.29, 0.717) is 22.4 Å². The molecule has 3 nitrogen and oxygen atoms in total. The second kappa shape index (κ2) is 9.81.